The second-order valence-corrected chi connectivity index (χ2v) is 33.1. The Balaban J connectivity index is 0.745. The van der Waals surface area contributed by atoms with Crippen molar-refractivity contribution < 1.29 is 0 Å². The summed E-state index contributed by atoms with van der Waals surface area (Å²) in [6.07, 6.45) is 13.0. The predicted octanol–water partition coefficient (Wildman–Crippen LogP) is 31.9. The number of benzene rings is 16. The Morgan fingerprint density at radius 2 is 0.527 bits per heavy atom. The van der Waals surface area contributed by atoms with Crippen LogP contribution in [0.25, 0.3) is 94.6 Å². The Hall–Kier alpha value is -11.8. The quantitative estimate of drug-likeness (QED) is 0.101. The second kappa shape index (κ2) is 28.3. The molecule has 0 amide bonds. The first-order chi connectivity index (χ1) is 54.2. The van der Waals surface area contributed by atoms with Crippen LogP contribution in [0.1, 0.15) is 109 Å². The lowest BCUT2D eigenvalue weighted by Gasteiger charge is -2.30. The maximum absolute atomic E-state index is 2.57. The summed E-state index contributed by atoms with van der Waals surface area (Å²) in [6, 6.07) is 120. The number of fused-ring (bicyclic) bond motifs is 14. The summed E-state index contributed by atoms with van der Waals surface area (Å²) in [6.45, 7) is 9.02. The molecule has 2 heterocycles. The highest BCUT2D eigenvalue weighted by Gasteiger charge is 2.29. The van der Waals surface area contributed by atoms with Crippen LogP contribution >= 0.6 is 22.7 Å². The van der Waals surface area contributed by atoms with E-state index in [0.29, 0.717) is 11.8 Å². The van der Waals surface area contributed by atoms with Crippen molar-refractivity contribution in [3.63, 3.8) is 0 Å². The fourth-order valence-electron chi connectivity index (χ4n) is 18.8. The standard InChI is InChI=1S/C104H86N4S2/c1-67-29-14-25-48-89(67)107(90-49-26-15-30-68(90)2)95-65-99-103(87-46-23-19-42-83(87)95)104-88-47-24-20-43-84(88)96(66-100(104)110-99)108(91-50-27-16-31-69(91)3)92-62-76(52-51-70(92)4)75-36-28-39-80(61-75)106(79-59-55-74(56-60-79)72-34-10-6-11-35-72)94-64-98-102(86-45-22-18-41-82(86)94)101-85-44-21-17-40-81(85)93(63-97(101)109-98)105(77-37-12-7-13-38-77)78-57-53-73(54-58-78)71-32-8-5-9-33-71/h7,12-31,36-66,71-72H,5-6,8-11,32-35H2,1-4H3. The van der Waals surface area contributed by atoms with E-state index in [2.05, 4.69) is 363 Å². The van der Waals surface area contributed by atoms with E-state index in [1.54, 1.807) is 0 Å². The minimum absolute atomic E-state index is 0.586. The Kier molecular flexibility index (Phi) is 17.4. The molecular formula is C104H86N4S2. The molecule has 0 radical (unpaired) electrons. The van der Waals surface area contributed by atoms with Gasteiger partial charge in [-0.3, -0.25) is 0 Å². The van der Waals surface area contributed by atoms with Gasteiger partial charge in [0.05, 0.1) is 22.7 Å². The predicted molar refractivity (Wildman–Crippen MR) is 477 cm³/mol. The van der Waals surface area contributed by atoms with E-state index in [1.807, 2.05) is 22.7 Å². The van der Waals surface area contributed by atoms with Gasteiger partial charge in [-0.1, -0.05) is 257 Å². The number of hydrogen-bond acceptors (Lipinski definition) is 6. The molecule has 0 atom stereocenters. The summed E-state index contributed by atoms with van der Waals surface area (Å²) in [7, 11) is 0. The smallest absolute Gasteiger partial charge is 0.0554 e. The molecule has 2 saturated carbocycles. The molecule has 20 rings (SSSR count). The maximum atomic E-state index is 2.57. The van der Waals surface area contributed by atoms with Gasteiger partial charge < -0.3 is 19.6 Å². The molecule has 0 saturated heterocycles. The Morgan fingerprint density at radius 3 is 0.927 bits per heavy atom. The molecule has 16 aromatic carbocycles. The number of aryl methyl sites for hydroxylation is 4. The van der Waals surface area contributed by atoms with Gasteiger partial charge in [0.15, 0.2) is 0 Å². The fourth-order valence-corrected chi connectivity index (χ4v) is 21.2. The number of hydrogen-bond donors (Lipinski definition) is 0. The lowest BCUT2D eigenvalue weighted by atomic mass is 9.84. The summed E-state index contributed by atoms with van der Waals surface area (Å²) in [5.41, 5.74) is 23.9. The van der Waals surface area contributed by atoms with E-state index in [9.17, 15) is 0 Å². The normalized spacial score (nSPS) is 13.7. The van der Waals surface area contributed by atoms with Crippen LogP contribution in [0, 0.1) is 27.7 Å². The lowest BCUT2D eigenvalue weighted by molar-refractivity contribution is 0.443. The summed E-state index contributed by atoms with van der Waals surface area (Å²) in [5, 5.41) is 15.1. The molecule has 0 unspecified atom stereocenters. The van der Waals surface area contributed by atoms with Gasteiger partial charge in [0, 0.05) is 107 Å². The van der Waals surface area contributed by atoms with Crippen molar-refractivity contribution in [2.75, 3.05) is 19.6 Å². The first-order valence-electron chi connectivity index (χ1n) is 39.7. The van der Waals surface area contributed by atoms with E-state index >= 15 is 0 Å². The van der Waals surface area contributed by atoms with Crippen molar-refractivity contribution in [3.05, 3.63) is 349 Å². The zero-order chi connectivity index (χ0) is 73.5. The van der Waals surface area contributed by atoms with Gasteiger partial charge in [0.1, 0.15) is 0 Å². The summed E-state index contributed by atoms with van der Waals surface area (Å²) in [5.74, 6) is 1.22. The van der Waals surface area contributed by atoms with Crippen molar-refractivity contribution in [1.82, 2.24) is 0 Å². The molecule has 2 aliphatic carbocycles. The average molecular weight is 1460 g/mol. The molecule has 0 N–H and O–H groups in total. The van der Waals surface area contributed by atoms with E-state index in [-0.39, 0.29) is 0 Å². The van der Waals surface area contributed by atoms with Crippen molar-refractivity contribution in [2.24, 2.45) is 0 Å². The van der Waals surface area contributed by atoms with Crippen LogP contribution < -0.4 is 19.6 Å². The summed E-state index contributed by atoms with van der Waals surface area (Å²) < 4.78 is 5.05. The van der Waals surface area contributed by atoms with Crippen LogP contribution in [-0.4, -0.2) is 0 Å². The third kappa shape index (κ3) is 11.8. The molecule has 18 aromatic rings. The van der Waals surface area contributed by atoms with Crippen LogP contribution in [0.5, 0.6) is 0 Å². The number of nitrogens with zero attached hydrogens (tertiary/aromatic N) is 4. The highest BCUT2D eigenvalue weighted by Crippen LogP contribution is 2.55. The van der Waals surface area contributed by atoms with E-state index in [4.69, 9.17) is 0 Å². The molecule has 6 heteroatoms. The zero-order valence-electron chi connectivity index (χ0n) is 62.9. The Morgan fingerprint density at radius 1 is 0.218 bits per heavy atom. The minimum Gasteiger partial charge on any atom is -0.310 e. The third-order valence-corrected chi connectivity index (χ3v) is 26.4. The molecule has 0 aliphatic heterocycles. The Labute approximate surface area is 653 Å². The number of rotatable bonds is 15. The lowest BCUT2D eigenvalue weighted by Crippen LogP contribution is -2.13. The van der Waals surface area contributed by atoms with Gasteiger partial charge in [-0.2, -0.15) is 0 Å². The largest absolute Gasteiger partial charge is 0.310 e. The molecule has 0 bridgehead atoms. The molecular weight excluding hydrogens is 1370 g/mol. The Bertz CT molecular complexity index is 6530. The molecule has 110 heavy (non-hydrogen) atoms. The summed E-state index contributed by atoms with van der Waals surface area (Å²) in [4.78, 5) is 10.1. The van der Waals surface area contributed by atoms with Gasteiger partial charge in [-0.25, -0.2) is 0 Å². The van der Waals surface area contributed by atoms with E-state index in [0.717, 1.165) is 50.9 Å². The van der Waals surface area contributed by atoms with Gasteiger partial charge in [0.25, 0.3) is 0 Å². The second-order valence-electron chi connectivity index (χ2n) is 30.9. The van der Waals surface area contributed by atoms with Crippen LogP contribution in [0.4, 0.5) is 68.2 Å². The molecule has 0 spiro atoms. The topological polar surface area (TPSA) is 13.0 Å². The first-order valence-corrected chi connectivity index (χ1v) is 41.3. The van der Waals surface area contributed by atoms with Crippen molar-refractivity contribution >= 4 is 174 Å². The molecule has 4 nitrogen and oxygen atoms in total. The fraction of sp³-hybridized carbons (Fsp3) is 0.154. The monoisotopic (exact) mass is 1450 g/mol. The number of para-hydroxylation sites is 4. The summed E-state index contributed by atoms with van der Waals surface area (Å²) >= 11 is 3.83. The van der Waals surface area contributed by atoms with Crippen LogP contribution in [0.15, 0.2) is 315 Å². The van der Waals surface area contributed by atoms with Crippen LogP contribution in [0.2, 0.25) is 0 Å². The first kappa shape index (κ1) is 67.5. The van der Waals surface area contributed by atoms with Gasteiger partial charge in [0.2, 0.25) is 0 Å². The minimum atomic E-state index is 0.586. The zero-order valence-corrected chi connectivity index (χ0v) is 64.5. The van der Waals surface area contributed by atoms with Crippen molar-refractivity contribution in [3.8, 4) is 11.1 Å². The number of anilines is 12. The van der Waals surface area contributed by atoms with E-state index in [1.165, 1.54) is 209 Å². The van der Waals surface area contributed by atoms with Crippen LogP contribution in [0.3, 0.4) is 0 Å². The molecule has 2 aliphatic rings. The maximum Gasteiger partial charge on any atom is 0.0554 e. The van der Waals surface area contributed by atoms with Crippen molar-refractivity contribution in [2.45, 2.75) is 104 Å². The number of thiophene rings is 2. The van der Waals surface area contributed by atoms with E-state index < -0.39 is 0 Å². The highest BCUT2D eigenvalue weighted by atomic mass is 32.1. The molecule has 2 fully saturated rings. The highest BCUT2D eigenvalue weighted by molar-refractivity contribution is 7.26. The SMILES string of the molecule is Cc1ccccc1N(c1ccccc1C)c1cc2sc3cc(N(c4ccccc4C)c4cc(-c5cccc(N(c6ccc(C7CCCCC7)cc6)c6cc7sc8cc(N(c9ccccc9)c9ccc(C%10CCCCC%10)cc9)c9ccccc9c8c7c7ccccc67)c5)ccc4C)c4ccccc4c3c2c2ccccc12. The average Bonchev–Trinajstić information content (AvgIpc) is 1.52. The van der Waals surface area contributed by atoms with Crippen LogP contribution in [-0.2, 0) is 0 Å². The van der Waals surface area contributed by atoms with Gasteiger partial charge in [-0.05, 0) is 228 Å². The molecule has 2 aromatic heterocycles. The van der Waals surface area contributed by atoms with Gasteiger partial charge >= 0.3 is 0 Å². The molecule has 534 valence electrons. The van der Waals surface area contributed by atoms with Crippen molar-refractivity contribution in [1.29, 1.82) is 0 Å². The van der Waals surface area contributed by atoms with Gasteiger partial charge in [-0.15, -0.1) is 22.7 Å². The third-order valence-electron chi connectivity index (χ3n) is 24.3.